The van der Waals surface area contributed by atoms with E-state index in [4.69, 9.17) is 22.1 Å². The van der Waals surface area contributed by atoms with E-state index in [0.29, 0.717) is 16.7 Å². The fourth-order valence-corrected chi connectivity index (χ4v) is 3.20. The second kappa shape index (κ2) is 8.91. The van der Waals surface area contributed by atoms with Gasteiger partial charge in [-0.2, -0.15) is 13.2 Å². The number of carbonyl (C=O) groups excluding carboxylic acids is 1. The highest BCUT2D eigenvalue weighted by Gasteiger charge is 2.33. The number of hydrogen-bond donors (Lipinski definition) is 2. The third kappa shape index (κ3) is 5.29. The van der Waals surface area contributed by atoms with Crippen molar-refractivity contribution in [2.75, 3.05) is 5.32 Å². The Balaban J connectivity index is 1.49. The van der Waals surface area contributed by atoms with Gasteiger partial charge in [-0.25, -0.2) is 9.97 Å². The van der Waals surface area contributed by atoms with Gasteiger partial charge in [0.05, 0.1) is 16.1 Å². The molecule has 0 aliphatic rings. The number of benzene rings is 2. The minimum Gasteiger partial charge on any atom is -0.489 e. The maximum atomic E-state index is 13.1. The Bertz CT molecular complexity index is 1350. The number of nitrogens with zero attached hydrogens (tertiary/aromatic N) is 3. The smallest absolute Gasteiger partial charge is 0.417 e. The Morgan fingerprint density at radius 2 is 1.91 bits per heavy atom. The number of nitrogens with one attached hydrogen (secondary N) is 1. The molecule has 0 atom stereocenters. The number of amides is 1. The van der Waals surface area contributed by atoms with E-state index in [-0.39, 0.29) is 23.9 Å². The molecule has 4 aromatic rings. The van der Waals surface area contributed by atoms with Gasteiger partial charge in [0.1, 0.15) is 18.1 Å². The van der Waals surface area contributed by atoms with E-state index in [2.05, 4.69) is 20.3 Å². The Hall–Kier alpha value is -3.92. The molecule has 0 fully saturated rings. The summed E-state index contributed by atoms with van der Waals surface area (Å²) >= 11 is 5.65. The average Bonchev–Trinajstić information content (AvgIpc) is 2.78. The molecular formula is C22H15ClF3N5O2. The standard InChI is InChI=1S/C22H15ClF3N5O2/c23-17-3-1-14(9-16(17)22(24,25)26)30-21-29-10-13-8-15(2-4-18(13)31-21)33-11-12-5-6-28-19(7-12)20(27)32/h1-10H,11H2,(H2,27,32)(H,29,30,31). The third-order valence-corrected chi connectivity index (χ3v) is 4.89. The number of nitrogens with two attached hydrogens (primary N) is 1. The second-order valence-corrected chi connectivity index (χ2v) is 7.34. The second-order valence-electron chi connectivity index (χ2n) is 6.93. The van der Waals surface area contributed by atoms with E-state index in [9.17, 15) is 18.0 Å². The van der Waals surface area contributed by atoms with E-state index in [1.165, 1.54) is 18.5 Å². The number of primary amides is 1. The fraction of sp³-hybridized carbons (Fsp3) is 0.0909. The molecule has 0 unspecified atom stereocenters. The lowest BCUT2D eigenvalue weighted by Gasteiger charge is -2.12. The Kier molecular flexibility index (Phi) is 6.01. The zero-order chi connectivity index (χ0) is 23.6. The fourth-order valence-electron chi connectivity index (χ4n) is 2.98. The number of pyridine rings is 1. The summed E-state index contributed by atoms with van der Waals surface area (Å²) in [6.07, 6.45) is -1.58. The number of anilines is 2. The molecule has 0 saturated heterocycles. The average molecular weight is 474 g/mol. The van der Waals surface area contributed by atoms with Crippen molar-refractivity contribution in [1.29, 1.82) is 0 Å². The summed E-state index contributed by atoms with van der Waals surface area (Å²) < 4.78 is 44.9. The van der Waals surface area contributed by atoms with Crippen molar-refractivity contribution in [2.45, 2.75) is 12.8 Å². The van der Waals surface area contributed by atoms with Crippen molar-refractivity contribution in [1.82, 2.24) is 15.0 Å². The van der Waals surface area contributed by atoms with Crippen LogP contribution in [0.2, 0.25) is 5.02 Å². The number of alkyl halides is 3. The highest BCUT2D eigenvalue weighted by atomic mass is 35.5. The number of fused-ring (bicyclic) bond motifs is 1. The van der Waals surface area contributed by atoms with Crippen LogP contribution in [-0.2, 0) is 12.8 Å². The van der Waals surface area contributed by atoms with Gasteiger partial charge in [-0.05, 0) is 54.1 Å². The summed E-state index contributed by atoms with van der Waals surface area (Å²) in [5, 5.41) is 3.03. The van der Waals surface area contributed by atoms with Gasteiger partial charge in [0.2, 0.25) is 5.95 Å². The van der Waals surface area contributed by atoms with Crippen molar-refractivity contribution in [3.63, 3.8) is 0 Å². The van der Waals surface area contributed by atoms with E-state index in [0.717, 1.165) is 17.7 Å². The van der Waals surface area contributed by atoms with Gasteiger partial charge in [-0.1, -0.05) is 11.6 Å². The lowest BCUT2D eigenvalue weighted by Crippen LogP contribution is -2.13. The van der Waals surface area contributed by atoms with Crippen LogP contribution in [-0.4, -0.2) is 20.9 Å². The summed E-state index contributed by atoms with van der Waals surface area (Å²) in [5.41, 5.74) is 5.85. The van der Waals surface area contributed by atoms with Crippen molar-refractivity contribution < 1.29 is 22.7 Å². The van der Waals surface area contributed by atoms with E-state index < -0.39 is 22.7 Å². The normalized spacial score (nSPS) is 11.4. The van der Waals surface area contributed by atoms with Crippen LogP contribution in [0.5, 0.6) is 5.75 Å². The van der Waals surface area contributed by atoms with Crippen molar-refractivity contribution >= 4 is 40.0 Å². The molecule has 2 heterocycles. The molecular weight excluding hydrogens is 459 g/mol. The van der Waals surface area contributed by atoms with Gasteiger partial charge in [-0.3, -0.25) is 9.78 Å². The molecule has 2 aromatic carbocycles. The van der Waals surface area contributed by atoms with Crippen molar-refractivity contribution in [2.24, 2.45) is 5.73 Å². The largest absolute Gasteiger partial charge is 0.489 e. The molecule has 33 heavy (non-hydrogen) atoms. The highest BCUT2D eigenvalue weighted by molar-refractivity contribution is 6.31. The summed E-state index contributed by atoms with van der Waals surface area (Å²) in [4.78, 5) is 23.6. The van der Waals surface area contributed by atoms with Crippen LogP contribution in [0.15, 0.2) is 60.9 Å². The molecule has 1 amide bonds. The lowest BCUT2D eigenvalue weighted by atomic mass is 10.2. The maximum absolute atomic E-state index is 13.1. The lowest BCUT2D eigenvalue weighted by molar-refractivity contribution is -0.137. The number of hydrogen-bond acceptors (Lipinski definition) is 6. The minimum atomic E-state index is -4.58. The Morgan fingerprint density at radius 1 is 1.09 bits per heavy atom. The van der Waals surface area contributed by atoms with Crippen LogP contribution < -0.4 is 15.8 Å². The van der Waals surface area contributed by atoms with Gasteiger partial charge >= 0.3 is 6.18 Å². The number of rotatable bonds is 6. The SMILES string of the molecule is NC(=O)c1cc(COc2ccc3nc(Nc4ccc(Cl)c(C(F)(F)F)c4)ncc3c2)ccn1. The van der Waals surface area contributed by atoms with Crippen molar-refractivity contribution in [3.8, 4) is 5.75 Å². The molecule has 0 bridgehead atoms. The first-order valence-electron chi connectivity index (χ1n) is 9.47. The van der Waals surface area contributed by atoms with Gasteiger partial charge < -0.3 is 15.8 Å². The van der Waals surface area contributed by atoms with Crippen LogP contribution in [0, 0.1) is 0 Å². The highest BCUT2D eigenvalue weighted by Crippen LogP contribution is 2.36. The zero-order valence-corrected chi connectivity index (χ0v) is 17.5. The van der Waals surface area contributed by atoms with Crippen LogP contribution in [0.3, 0.4) is 0 Å². The predicted molar refractivity (Wildman–Crippen MR) is 116 cm³/mol. The number of aromatic nitrogens is 3. The van der Waals surface area contributed by atoms with Crippen molar-refractivity contribution in [3.05, 3.63) is 82.8 Å². The number of halogens is 4. The monoisotopic (exact) mass is 473 g/mol. The van der Waals surface area contributed by atoms with Gasteiger partial charge in [0, 0.05) is 23.5 Å². The zero-order valence-electron chi connectivity index (χ0n) is 16.7. The quantitative estimate of drug-likeness (QED) is 0.403. The van der Waals surface area contributed by atoms with Gasteiger partial charge in [0.25, 0.3) is 5.91 Å². The summed E-state index contributed by atoms with van der Waals surface area (Å²) in [6, 6.07) is 11.8. The number of carbonyl (C=O) groups is 1. The molecule has 0 saturated carbocycles. The van der Waals surface area contributed by atoms with E-state index in [1.807, 2.05) is 0 Å². The molecule has 0 radical (unpaired) electrons. The van der Waals surface area contributed by atoms with E-state index >= 15 is 0 Å². The molecule has 0 spiro atoms. The first-order chi connectivity index (χ1) is 15.7. The molecule has 3 N–H and O–H groups in total. The van der Waals surface area contributed by atoms with Crippen LogP contribution >= 0.6 is 11.6 Å². The van der Waals surface area contributed by atoms with E-state index in [1.54, 1.807) is 30.3 Å². The molecule has 168 valence electrons. The molecule has 7 nitrogen and oxygen atoms in total. The molecule has 2 aromatic heterocycles. The molecule has 11 heteroatoms. The third-order valence-electron chi connectivity index (χ3n) is 4.56. The van der Waals surface area contributed by atoms with Crippen LogP contribution in [0.4, 0.5) is 24.8 Å². The molecule has 4 rings (SSSR count). The maximum Gasteiger partial charge on any atom is 0.417 e. The van der Waals surface area contributed by atoms with Gasteiger partial charge in [0.15, 0.2) is 0 Å². The Labute approximate surface area is 190 Å². The summed E-state index contributed by atoms with van der Waals surface area (Å²) in [7, 11) is 0. The van der Waals surface area contributed by atoms with Crippen LogP contribution in [0.25, 0.3) is 10.9 Å². The first-order valence-corrected chi connectivity index (χ1v) is 9.85. The molecule has 0 aliphatic heterocycles. The summed E-state index contributed by atoms with van der Waals surface area (Å²) in [6.45, 7) is 0.187. The summed E-state index contributed by atoms with van der Waals surface area (Å²) in [5.74, 6) is 0.0384. The first kappa shape index (κ1) is 22.3. The van der Waals surface area contributed by atoms with Crippen LogP contribution in [0.1, 0.15) is 21.6 Å². The topological polar surface area (TPSA) is 103 Å². The minimum absolute atomic E-state index is 0.127. The Morgan fingerprint density at radius 3 is 2.67 bits per heavy atom. The number of ether oxygens (including phenoxy) is 1. The van der Waals surface area contributed by atoms with Gasteiger partial charge in [-0.15, -0.1) is 0 Å². The molecule has 0 aliphatic carbocycles. The predicted octanol–water partition coefficient (Wildman–Crippen LogP) is 5.12.